The van der Waals surface area contributed by atoms with Gasteiger partial charge in [-0.3, -0.25) is 0 Å². The molecule has 0 saturated carbocycles. The largest absolute Gasteiger partial charge is 0.439 e. The summed E-state index contributed by atoms with van der Waals surface area (Å²) in [6, 6.07) is 17.8. The van der Waals surface area contributed by atoms with Crippen LogP contribution in [0.5, 0.6) is 11.6 Å². The summed E-state index contributed by atoms with van der Waals surface area (Å²) in [4.78, 5) is 7.88. The summed E-state index contributed by atoms with van der Waals surface area (Å²) in [7, 11) is 0. The van der Waals surface area contributed by atoms with Crippen molar-refractivity contribution in [3.05, 3.63) is 72.7 Å². The van der Waals surface area contributed by atoms with Gasteiger partial charge in [-0.25, -0.2) is 9.97 Å². The highest BCUT2D eigenvalue weighted by atomic mass is 16.5. The Morgan fingerprint density at radius 3 is 2.10 bits per heavy atom. The highest BCUT2D eigenvalue weighted by Gasteiger charge is 2.01. The first kappa shape index (κ1) is 13.3. The molecule has 3 aromatic rings. The van der Waals surface area contributed by atoms with Gasteiger partial charge in [-0.05, 0) is 28.8 Å². The maximum atomic E-state index is 5.64. The van der Waals surface area contributed by atoms with Crippen LogP contribution in [0.1, 0.15) is 5.56 Å². The van der Waals surface area contributed by atoms with Crippen LogP contribution < -0.4 is 10.5 Å². The van der Waals surface area contributed by atoms with E-state index in [0.29, 0.717) is 12.4 Å². The number of rotatable bonds is 4. The quantitative estimate of drug-likeness (QED) is 0.794. The number of aromatic nitrogens is 2. The molecule has 104 valence electrons. The maximum absolute atomic E-state index is 5.64. The van der Waals surface area contributed by atoms with Crippen molar-refractivity contribution in [1.29, 1.82) is 0 Å². The fraction of sp³-hybridized carbons (Fsp3) is 0.0588. The molecular weight excluding hydrogens is 262 g/mol. The van der Waals surface area contributed by atoms with E-state index in [4.69, 9.17) is 10.5 Å². The van der Waals surface area contributed by atoms with Crippen molar-refractivity contribution in [2.75, 3.05) is 0 Å². The van der Waals surface area contributed by atoms with E-state index < -0.39 is 0 Å². The SMILES string of the molecule is NCc1ccc(-c2ccc(Oc3ccncn3)cc2)cc1. The van der Waals surface area contributed by atoms with E-state index >= 15 is 0 Å². The smallest absolute Gasteiger partial charge is 0.222 e. The number of benzene rings is 2. The van der Waals surface area contributed by atoms with E-state index in [0.717, 1.165) is 22.4 Å². The second-order valence-corrected chi connectivity index (χ2v) is 4.58. The molecule has 21 heavy (non-hydrogen) atoms. The first-order chi connectivity index (χ1) is 10.3. The summed E-state index contributed by atoms with van der Waals surface area (Å²) in [6.07, 6.45) is 3.11. The first-order valence-corrected chi connectivity index (χ1v) is 6.68. The molecule has 0 aliphatic carbocycles. The van der Waals surface area contributed by atoms with Crippen LogP contribution in [0.15, 0.2) is 67.1 Å². The molecule has 0 radical (unpaired) electrons. The van der Waals surface area contributed by atoms with Crippen molar-refractivity contribution in [1.82, 2.24) is 9.97 Å². The third-order valence-corrected chi connectivity index (χ3v) is 3.15. The summed E-state index contributed by atoms with van der Waals surface area (Å²) in [5, 5.41) is 0. The predicted molar refractivity (Wildman–Crippen MR) is 81.9 cm³/mol. The van der Waals surface area contributed by atoms with Crippen LogP contribution in [0.4, 0.5) is 0 Å². The molecule has 0 spiro atoms. The molecule has 0 atom stereocenters. The maximum Gasteiger partial charge on any atom is 0.222 e. The van der Waals surface area contributed by atoms with Crippen LogP contribution >= 0.6 is 0 Å². The molecule has 4 nitrogen and oxygen atoms in total. The van der Waals surface area contributed by atoms with Crippen molar-refractivity contribution < 1.29 is 4.74 Å². The molecule has 0 saturated heterocycles. The fourth-order valence-electron chi connectivity index (χ4n) is 2.01. The van der Waals surface area contributed by atoms with Gasteiger partial charge in [0.25, 0.3) is 0 Å². The average molecular weight is 277 g/mol. The van der Waals surface area contributed by atoms with Crippen LogP contribution in [-0.4, -0.2) is 9.97 Å². The van der Waals surface area contributed by atoms with Gasteiger partial charge in [0.1, 0.15) is 12.1 Å². The van der Waals surface area contributed by atoms with E-state index in [-0.39, 0.29) is 0 Å². The molecule has 2 aromatic carbocycles. The summed E-state index contributed by atoms with van der Waals surface area (Å²) in [6.45, 7) is 0.561. The van der Waals surface area contributed by atoms with Crippen molar-refractivity contribution in [2.24, 2.45) is 5.73 Å². The average Bonchev–Trinajstić information content (AvgIpc) is 2.57. The van der Waals surface area contributed by atoms with Gasteiger partial charge in [0, 0.05) is 18.8 Å². The lowest BCUT2D eigenvalue weighted by Crippen LogP contribution is -1.95. The Morgan fingerprint density at radius 1 is 0.857 bits per heavy atom. The van der Waals surface area contributed by atoms with Gasteiger partial charge in [0.2, 0.25) is 5.88 Å². The Kier molecular flexibility index (Phi) is 3.89. The summed E-state index contributed by atoms with van der Waals surface area (Å²) < 4.78 is 5.64. The zero-order valence-electron chi connectivity index (χ0n) is 11.4. The van der Waals surface area contributed by atoms with E-state index in [9.17, 15) is 0 Å². The second-order valence-electron chi connectivity index (χ2n) is 4.58. The Bertz CT molecular complexity index is 694. The highest BCUT2D eigenvalue weighted by Crippen LogP contribution is 2.25. The topological polar surface area (TPSA) is 61.0 Å². The molecular formula is C17H15N3O. The van der Waals surface area contributed by atoms with Gasteiger partial charge in [-0.1, -0.05) is 36.4 Å². The van der Waals surface area contributed by atoms with Crippen LogP contribution in [0, 0.1) is 0 Å². The molecule has 1 heterocycles. The van der Waals surface area contributed by atoms with Crippen molar-refractivity contribution in [3.8, 4) is 22.8 Å². The molecule has 0 aliphatic rings. The summed E-state index contributed by atoms with van der Waals surface area (Å²) >= 11 is 0. The molecule has 0 bridgehead atoms. The van der Waals surface area contributed by atoms with Gasteiger partial charge in [0.15, 0.2) is 0 Å². The minimum atomic E-state index is 0.532. The lowest BCUT2D eigenvalue weighted by molar-refractivity contribution is 0.461. The molecule has 0 fully saturated rings. The molecule has 1 aromatic heterocycles. The van der Waals surface area contributed by atoms with E-state index in [1.807, 2.05) is 36.4 Å². The number of nitrogens with zero attached hydrogens (tertiary/aromatic N) is 2. The van der Waals surface area contributed by atoms with Crippen LogP contribution in [0.3, 0.4) is 0 Å². The third kappa shape index (κ3) is 3.24. The number of hydrogen-bond donors (Lipinski definition) is 1. The summed E-state index contributed by atoms with van der Waals surface area (Å²) in [5.41, 5.74) is 9.02. The lowest BCUT2D eigenvalue weighted by atomic mass is 10.0. The minimum absolute atomic E-state index is 0.532. The van der Waals surface area contributed by atoms with Crippen LogP contribution in [0.25, 0.3) is 11.1 Å². The fourth-order valence-corrected chi connectivity index (χ4v) is 2.01. The van der Waals surface area contributed by atoms with Crippen LogP contribution in [-0.2, 0) is 6.54 Å². The second kappa shape index (κ2) is 6.15. The van der Waals surface area contributed by atoms with Gasteiger partial charge in [0.05, 0.1) is 0 Å². The number of hydrogen-bond acceptors (Lipinski definition) is 4. The standard InChI is InChI=1S/C17H15N3O/c18-11-13-1-3-14(4-2-13)15-5-7-16(8-6-15)21-17-9-10-19-12-20-17/h1-10,12H,11,18H2. The molecule has 0 unspecified atom stereocenters. The Balaban J connectivity index is 1.77. The Hall–Kier alpha value is -2.72. The number of ether oxygens (including phenoxy) is 1. The van der Waals surface area contributed by atoms with Gasteiger partial charge in [-0.15, -0.1) is 0 Å². The van der Waals surface area contributed by atoms with Gasteiger partial charge in [-0.2, -0.15) is 0 Å². The molecule has 0 amide bonds. The Labute approximate surface area is 123 Å². The minimum Gasteiger partial charge on any atom is -0.439 e. The monoisotopic (exact) mass is 277 g/mol. The first-order valence-electron chi connectivity index (χ1n) is 6.68. The third-order valence-electron chi connectivity index (χ3n) is 3.15. The van der Waals surface area contributed by atoms with Gasteiger partial charge >= 0.3 is 0 Å². The zero-order valence-corrected chi connectivity index (χ0v) is 11.4. The van der Waals surface area contributed by atoms with Crippen molar-refractivity contribution >= 4 is 0 Å². The Morgan fingerprint density at radius 2 is 1.52 bits per heavy atom. The zero-order chi connectivity index (χ0) is 14.5. The highest BCUT2D eigenvalue weighted by molar-refractivity contribution is 5.64. The van der Waals surface area contributed by atoms with Gasteiger partial charge < -0.3 is 10.5 Å². The summed E-state index contributed by atoms with van der Waals surface area (Å²) in [5.74, 6) is 1.28. The molecule has 0 aliphatic heterocycles. The lowest BCUT2D eigenvalue weighted by Gasteiger charge is -2.06. The van der Waals surface area contributed by atoms with E-state index in [1.54, 1.807) is 12.3 Å². The predicted octanol–water partition coefficient (Wildman–Crippen LogP) is 3.39. The van der Waals surface area contributed by atoms with Crippen LogP contribution in [0.2, 0.25) is 0 Å². The van der Waals surface area contributed by atoms with E-state index in [1.165, 1.54) is 6.33 Å². The van der Waals surface area contributed by atoms with E-state index in [2.05, 4.69) is 22.1 Å². The van der Waals surface area contributed by atoms with Crippen molar-refractivity contribution in [2.45, 2.75) is 6.54 Å². The molecule has 2 N–H and O–H groups in total. The van der Waals surface area contributed by atoms with Crippen molar-refractivity contribution in [3.63, 3.8) is 0 Å². The molecule has 3 rings (SSSR count). The normalized spacial score (nSPS) is 10.3. The number of nitrogens with two attached hydrogens (primary N) is 1. The molecule has 4 heteroatoms.